The predicted molar refractivity (Wildman–Crippen MR) is 150 cm³/mol. The molecule has 1 aliphatic heterocycles. The zero-order chi connectivity index (χ0) is 27.6. The van der Waals surface area contributed by atoms with Crippen molar-refractivity contribution in [2.24, 2.45) is 0 Å². The molecule has 6 nitrogen and oxygen atoms in total. The fourth-order valence-electron chi connectivity index (χ4n) is 4.79. The zero-order valence-corrected chi connectivity index (χ0v) is 22.9. The van der Waals surface area contributed by atoms with Crippen molar-refractivity contribution in [1.29, 1.82) is 0 Å². The third-order valence-corrected chi connectivity index (χ3v) is 6.86. The third kappa shape index (κ3) is 5.03. The first-order valence-electron chi connectivity index (χ1n) is 12.9. The first kappa shape index (κ1) is 27.0. The molecule has 38 heavy (non-hydrogen) atoms. The summed E-state index contributed by atoms with van der Waals surface area (Å²) in [5.41, 5.74) is 3.52. The molecule has 3 aromatic rings. The van der Waals surface area contributed by atoms with Gasteiger partial charge in [0.15, 0.2) is 0 Å². The molecule has 3 aromatic carbocycles. The summed E-state index contributed by atoms with van der Waals surface area (Å²) < 4.78 is 11.1. The van der Waals surface area contributed by atoms with Crippen molar-refractivity contribution in [3.05, 3.63) is 94.6 Å². The summed E-state index contributed by atoms with van der Waals surface area (Å²) in [6.45, 7) is 10.7. The molecule has 0 spiro atoms. The number of methoxy groups -OCH3 is 1. The van der Waals surface area contributed by atoms with Crippen LogP contribution >= 0.6 is 0 Å². The predicted octanol–water partition coefficient (Wildman–Crippen LogP) is 6.58. The van der Waals surface area contributed by atoms with Gasteiger partial charge in [-0.25, -0.2) is 0 Å². The molecule has 6 heteroatoms. The highest BCUT2D eigenvalue weighted by molar-refractivity contribution is 6.51. The molecule has 1 amide bonds. The van der Waals surface area contributed by atoms with Crippen molar-refractivity contribution in [3.63, 3.8) is 0 Å². The monoisotopic (exact) mass is 513 g/mol. The van der Waals surface area contributed by atoms with Crippen molar-refractivity contribution < 1.29 is 24.2 Å². The van der Waals surface area contributed by atoms with Crippen LogP contribution in [0.3, 0.4) is 0 Å². The van der Waals surface area contributed by atoms with E-state index in [-0.39, 0.29) is 16.7 Å². The van der Waals surface area contributed by atoms with Crippen LogP contribution in [0.1, 0.15) is 62.9 Å². The number of aliphatic hydroxyl groups is 1. The van der Waals surface area contributed by atoms with Crippen molar-refractivity contribution in [2.45, 2.75) is 52.5 Å². The molecule has 1 saturated heterocycles. The SMILES string of the molecule is CCOc1ccc(/C(O)=C2/C(=O)C(=O)N(c3ccc(CC)cc3)C2c2ccc(OC)cc2)cc1C(C)(C)C. The summed E-state index contributed by atoms with van der Waals surface area (Å²) in [5.74, 6) is -0.253. The number of Topliss-reactive ketones (excluding diaryl/α,β-unsaturated/α-hetero) is 1. The Hall–Kier alpha value is -4.06. The van der Waals surface area contributed by atoms with E-state index < -0.39 is 17.7 Å². The van der Waals surface area contributed by atoms with Gasteiger partial charge in [-0.15, -0.1) is 0 Å². The molecule has 1 N–H and O–H groups in total. The Morgan fingerprint density at radius 1 is 0.947 bits per heavy atom. The Labute approximate surface area is 224 Å². The highest BCUT2D eigenvalue weighted by Crippen LogP contribution is 2.43. The van der Waals surface area contributed by atoms with E-state index in [4.69, 9.17) is 9.47 Å². The van der Waals surface area contributed by atoms with Crippen LogP contribution in [0.25, 0.3) is 5.76 Å². The van der Waals surface area contributed by atoms with Gasteiger partial charge >= 0.3 is 0 Å². The number of aliphatic hydroxyl groups excluding tert-OH is 1. The zero-order valence-electron chi connectivity index (χ0n) is 22.9. The molecule has 1 fully saturated rings. The number of amides is 1. The van der Waals surface area contributed by atoms with Gasteiger partial charge in [0.05, 0.1) is 25.3 Å². The number of hydrogen-bond acceptors (Lipinski definition) is 5. The number of ether oxygens (including phenoxy) is 2. The largest absolute Gasteiger partial charge is 0.507 e. The lowest BCUT2D eigenvalue weighted by atomic mass is 9.84. The lowest BCUT2D eigenvalue weighted by molar-refractivity contribution is -0.132. The molecule has 1 unspecified atom stereocenters. The molecule has 0 aromatic heterocycles. The normalized spacial score (nSPS) is 17.1. The smallest absolute Gasteiger partial charge is 0.300 e. The molecular formula is C32H35NO5. The van der Waals surface area contributed by atoms with Gasteiger partial charge < -0.3 is 14.6 Å². The van der Waals surface area contributed by atoms with Crippen LogP contribution in [-0.2, 0) is 21.4 Å². The first-order valence-corrected chi connectivity index (χ1v) is 12.9. The summed E-state index contributed by atoms with van der Waals surface area (Å²) >= 11 is 0. The average molecular weight is 514 g/mol. The van der Waals surface area contributed by atoms with Gasteiger partial charge in [0.25, 0.3) is 11.7 Å². The van der Waals surface area contributed by atoms with Gasteiger partial charge in [0.1, 0.15) is 17.3 Å². The van der Waals surface area contributed by atoms with Crippen LogP contribution in [0.2, 0.25) is 0 Å². The Morgan fingerprint density at radius 2 is 1.61 bits per heavy atom. The molecule has 0 bridgehead atoms. The minimum Gasteiger partial charge on any atom is -0.507 e. The Bertz CT molecular complexity index is 1360. The van der Waals surface area contributed by atoms with Crippen molar-refractivity contribution in [2.75, 3.05) is 18.6 Å². The maximum absolute atomic E-state index is 13.5. The molecule has 1 atom stereocenters. The molecule has 0 aliphatic carbocycles. The van der Waals surface area contributed by atoms with E-state index in [1.807, 2.05) is 49.4 Å². The van der Waals surface area contributed by atoms with Gasteiger partial charge in [0, 0.05) is 16.8 Å². The van der Waals surface area contributed by atoms with Crippen molar-refractivity contribution >= 4 is 23.1 Å². The fourth-order valence-corrected chi connectivity index (χ4v) is 4.79. The second kappa shape index (κ2) is 10.7. The number of nitrogens with zero attached hydrogens (tertiary/aromatic N) is 1. The van der Waals surface area contributed by atoms with E-state index in [2.05, 4.69) is 27.7 Å². The van der Waals surface area contributed by atoms with E-state index in [1.165, 1.54) is 4.90 Å². The standard InChI is InChI=1S/C32H35NO5/c1-7-20-9-14-23(15-10-20)33-28(21-11-16-24(37-6)17-12-21)27(30(35)31(33)36)29(34)22-13-18-26(38-8-2)25(19-22)32(3,4)5/h9-19,28,34H,7-8H2,1-6H3/b29-27-. The maximum atomic E-state index is 13.5. The molecule has 1 aliphatic rings. The highest BCUT2D eigenvalue weighted by atomic mass is 16.5. The van der Waals surface area contributed by atoms with Crippen LogP contribution in [0, 0.1) is 0 Å². The van der Waals surface area contributed by atoms with Gasteiger partial charge in [0.2, 0.25) is 0 Å². The summed E-state index contributed by atoms with van der Waals surface area (Å²) in [6, 6.07) is 19.3. The number of rotatable bonds is 7. The van der Waals surface area contributed by atoms with Crippen molar-refractivity contribution in [3.8, 4) is 11.5 Å². The Morgan fingerprint density at radius 3 is 2.16 bits per heavy atom. The first-order chi connectivity index (χ1) is 18.1. The second-order valence-corrected chi connectivity index (χ2v) is 10.4. The molecule has 4 rings (SSSR count). The quantitative estimate of drug-likeness (QED) is 0.219. The van der Waals surface area contributed by atoms with Crippen LogP contribution in [0.4, 0.5) is 5.69 Å². The summed E-state index contributed by atoms with van der Waals surface area (Å²) in [5, 5.41) is 11.6. The molecule has 0 radical (unpaired) electrons. The minimum absolute atomic E-state index is 0.0451. The lowest BCUT2D eigenvalue weighted by Crippen LogP contribution is -2.29. The number of hydrogen-bond donors (Lipinski definition) is 1. The number of carbonyl (C=O) groups is 2. The third-order valence-electron chi connectivity index (χ3n) is 6.86. The lowest BCUT2D eigenvalue weighted by Gasteiger charge is -2.26. The topological polar surface area (TPSA) is 76.1 Å². The number of aryl methyl sites for hydroxylation is 1. The van der Waals surface area contributed by atoms with E-state index in [1.54, 1.807) is 31.4 Å². The summed E-state index contributed by atoms with van der Waals surface area (Å²) in [4.78, 5) is 28.5. The number of carbonyl (C=O) groups excluding carboxylic acids is 2. The molecule has 198 valence electrons. The summed E-state index contributed by atoms with van der Waals surface area (Å²) in [6.07, 6.45) is 0.856. The Kier molecular flexibility index (Phi) is 7.63. The number of anilines is 1. The minimum atomic E-state index is -0.807. The van der Waals surface area contributed by atoms with E-state index in [0.29, 0.717) is 29.2 Å². The Balaban J connectivity index is 1.92. The molecule has 1 heterocycles. The maximum Gasteiger partial charge on any atom is 0.300 e. The van der Waals surface area contributed by atoms with Crippen LogP contribution in [0.15, 0.2) is 72.3 Å². The second-order valence-electron chi connectivity index (χ2n) is 10.4. The van der Waals surface area contributed by atoms with Crippen molar-refractivity contribution in [1.82, 2.24) is 0 Å². The highest BCUT2D eigenvalue weighted by Gasteiger charge is 2.47. The van der Waals surface area contributed by atoms with E-state index in [9.17, 15) is 14.7 Å². The van der Waals surface area contributed by atoms with Gasteiger partial charge in [-0.1, -0.05) is 52.0 Å². The number of benzene rings is 3. The summed E-state index contributed by atoms with van der Waals surface area (Å²) in [7, 11) is 1.58. The van der Waals surface area contributed by atoms with Crippen LogP contribution in [0.5, 0.6) is 11.5 Å². The van der Waals surface area contributed by atoms with E-state index >= 15 is 0 Å². The van der Waals surface area contributed by atoms with Gasteiger partial charge in [-0.3, -0.25) is 14.5 Å². The number of ketones is 1. The van der Waals surface area contributed by atoms with Crippen LogP contribution in [-0.4, -0.2) is 30.5 Å². The van der Waals surface area contributed by atoms with E-state index in [0.717, 1.165) is 23.3 Å². The fraction of sp³-hybridized carbons (Fsp3) is 0.312. The molecular weight excluding hydrogens is 478 g/mol. The van der Waals surface area contributed by atoms with Gasteiger partial charge in [-0.2, -0.15) is 0 Å². The molecule has 0 saturated carbocycles. The van der Waals surface area contributed by atoms with Crippen LogP contribution < -0.4 is 14.4 Å². The average Bonchev–Trinajstić information content (AvgIpc) is 3.18. The van der Waals surface area contributed by atoms with Gasteiger partial charge in [-0.05, 0) is 72.4 Å².